The lowest BCUT2D eigenvalue weighted by Crippen LogP contribution is -2.29. The highest BCUT2D eigenvalue weighted by Gasteiger charge is 2.16. The van der Waals surface area contributed by atoms with Crippen LogP contribution in [-0.2, 0) is 4.74 Å². The van der Waals surface area contributed by atoms with Gasteiger partial charge in [0, 0.05) is 30.1 Å². The van der Waals surface area contributed by atoms with Crippen LogP contribution >= 0.6 is 0 Å². The number of hydrogen-bond donors (Lipinski definition) is 2. The highest BCUT2D eigenvalue weighted by molar-refractivity contribution is 5.94. The monoisotopic (exact) mass is 381 g/mol. The second kappa shape index (κ2) is 8.49. The highest BCUT2D eigenvalue weighted by atomic mass is 16.5. The molecule has 3 aromatic rings. The van der Waals surface area contributed by atoms with Gasteiger partial charge in [-0.3, -0.25) is 15.2 Å². The number of carbonyl (C=O) groups is 1. The molecule has 3 heterocycles. The number of nitrogens with one attached hydrogen (secondary N) is 2. The molecule has 0 aliphatic carbocycles. The van der Waals surface area contributed by atoms with E-state index in [1.165, 1.54) is 0 Å². The molecule has 0 saturated carbocycles. The Morgan fingerprint density at radius 3 is 2.75 bits per heavy atom. The quantitative estimate of drug-likeness (QED) is 0.600. The van der Waals surface area contributed by atoms with E-state index in [0.717, 1.165) is 25.0 Å². The third-order valence-corrected chi connectivity index (χ3v) is 4.22. The summed E-state index contributed by atoms with van der Waals surface area (Å²) in [7, 11) is 0. The van der Waals surface area contributed by atoms with E-state index in [9.17, 15) is 4.79 Å². The molecule has 1 aliphatic heterocycles. The van der Waals surface area contributed by atoms with Gasteiger partial charge in [0.05, 0.1) is 6.10 Å². The summed E-state index contributed by atoms with van der Waals surface area (Å²) in [6.07, 6.45) is 5.51. The van der Waals surface area contributed by atoms with Gasteiger partial charge in [0.1, 0.15) is 12.4 Å². The van der Waals surface area contributed by atoms with E-state index in [-0.39, 0.29) is 18.0 Å². The number of carbonyl (C=O) groups excluding carboxylic acids is 1. The molecule has 9 heteroatoms. The Balaban J connectivity index is 1.28. The fourth-order valence-corrected chi connectivity index (χ4v) is 2.74. The average Bonchev–Trinajstić information content (AvgIpc) is 3.44. The zero-order valence-electron chi connectivity index (χ0n) is 15.0. The van der Waals surface area contributed by atoms with Gasteiger partial charge in [0.2, 0.25) is 5.82 Å². The van der Waals surface area contributed by atoms with Crippen molar-refractivity contribution in [1.29, 1.82) is 0 Å². The zero-order chi connectivity index (χ0) is 19.2. The second-order valence-electron chi connectivity index (χ2n) is 6.21. The summed E-state index contributed by atoms with van der Waals surface area (Å²) in [5.41, 5.74) is 6.35. The summed E-state index contributed by atoms with van der Waals surface area (Å²) in [5.74, 6) is 0.750. The molecular formula is C19H19N5O4. The fraction of sp³-hybridized carbons (Fsp3) is 0.263. The van der Waals surface area contributed by atoms with Gasteiger partial charge in [-0.2, -0.15) is 4.98 Å². The summed E-state index contributed by atoms with van der Waals surface area (Å²) in [5, 5.41) is 3.85. The van der Waals surface area contributed by atoms with Gasteiger partial charge in [-0.05, 0) is 49.2 Å². The van der Waals surface area contributed by atoms with Crippen molar-refractivity contribution in [3.8, 4) is 17.1 Å². The Hall–Kier alpha value is -3.46. The first kappa shape index (κ1) is 17.9. The molecule has 144 valence electrons. The van der Waals surface area contributed by atoms with Crippen LogP contribution in [0.25, 0.3) is 11.4 Å². The molecule has 1 fully saturated rings. The van der Waals surface area contributed by atoms with Crippen LogP contribution in [-0.4, -0.2) is 40.3 Å². The first-order valence-electron chi connectivity index (χ1n) is 8.93. The van der Waals surface area contributed by atoms with Crippen molar-refractivity contribution >= 4 is 11.9 Å². The van der Waals surface area contributed by atoms with Crippen LogP contribution in [0.1, 0.15) is 23.2 Å². The Morgan fingerprint density at radius 2 is 2.00 bits per heavy atom. The van der Waals surface area contributed by atoms with E-state index in [2.05, 4.69) is 26.0 Å². The van der Waals surface area contributed by atoms with Crippen LogP contribution in [0.4, 0.5) is 6.01 Å². The lowest BCUT2D eigenvalue weighted by Gasteiger charge is -2.11. The van der Waals surface area contributed by atoms with E-state index in [1.54, 1.807) is 48.8 Å². The van der Waals surface area contributed by atoms with Crippen LogP contribution < -0.4 is 15.6 Å². The average molecular weight is 381 g/mol. The van der Waals surface area contributed by atoms with Gasteiger partial charge in [-0.15, -0.1) is 0 Å². The van der Waals surface area contributed by atoms with Crippen molar-refractivity contribution in [2.75, 3.05) is 18.6 Å². The van der Waals surface area contributed by atoms with Gasteiger partial charge in [-0.25, -0.2) is 5.43 Å². The van der Waals surface area contributed by atoms with Gasteiger partial charge in [0.15, 0.2) is 0 Å². The second-order valence-corrected chi connectivity index (χ2v) is 6.21. The molecule has 9 nitrogen and oxygen atoms in total. The summed E-state index contributed by atoms with van der Waals surface area (Å²) < 4.78 is 16.3. The molecule has 1 saturated heterocycles. The minimum atomic E-state index is -0.339. The normalized spacial score (nSPS) is 15.9. The van der Waals surface area contributed by atoms with E-state index >= 15 is 0 Å². The van der Waals surface area contributed by atoms with Gasteiger partial charge >= 0.3 is 6.01 Å². The van der Waals surface area contributed by atoms with E-state index < -0.39 is 0 Å². The summed E-state index contributed by atoms with van der Waals surface area (Å²) in [6.45, 7) is 1.31. The van der Waals surface area contributed by atoms with Gasteiger partial charge < -0.3 is 14.0 Å². The van der Waals surface area contributed by atoms with Crippen molar-refractivity contribution in [2.24, 2.45) is 0 Å². The zero-order valence-corrected chi connectivity index (χ0v) is 15.0. The summed E-state index contributed by atoms with van der Waals surface area (Å²) >= 11 is 0. The molecule has 28 heavy (non-hydrogen) atoms. The maximum atomic E-state index is 12.2. The molecule has 1 aromatic carbocycles. The first-order valence-corrected chi connectivity index (χ1v) is 8.93. The van der Waals surface area contributed by atoms with Crippen LogP contribution in [0.2, 0.25) is 0 Å². The number of hydrogen-bond acceptors (Lipinski definition) is 8. The first-order chi connectivity index (χ1) is 13.8. The van der Waals surface area contributed by atoms with Crippen molar-refractivity contribution in [3.05, 3.63) is 54.4 Å². The number of ether oxygens (including phenoxy) is 2. The molecule has 0 radical (unpaired) electrons. The van der Waals surface area contributed by atoms with Crippen molar-refractivity contribution < 1.29 is 18.8 Å². The summed E-state index contributed by atoms with van der Waals surface area (Å²) in [6, 6.07) is 10.5. The minimum absolute atomic E-state index is 0.0803. The molecule has 0 spiro atoms. The Labute approximate surface area is 161 Å². The maximum Gasteiger partial charge on any atom is 0.340 e. The molecule has 1 amide bonds. The standard InChI is InChI=1S/C19H19N5O4/c25-18(14-3-5-15(6-4-14)27-12-16-2-1-11-26-16)22-23-19-21-17(24-28-19)13-7-9-20-10-8-13/h3-10,16H,1-2,11-12H2,(H,22,25)(H,21,23,24)/t16-/m1/s1. The van der Waals surface area contributed by atoms with Crippen molar-refractivity contribution in [3.63, 3.8) is 0 Å². The number of amides is 1. The number of rotatable bonds is 7. The van der Waals surface area contributed by atoms with E-state index in [0.29, 0.717) is 23.7 Å². The lowest BCUT2D eigenvalue weighted by atomic mass is 10.2. The molecule has 2 N–H and O–H groups in total. The van der Waals surface area contributed by atoms with Crippen LogP contribution in [0, 0.1) is 0 Å². The number of nitrogens with zero attached hydrogens (tertiary/aromatic N) is 3. The lowest BCUT2D eigenvalue weighted by molar-refractivity contribution is 0.0679. The van der Waals surface area contributed by atoms with Crippen LogP contribution in [0.5, 0.6) is 5.75 Å². The molecule has 1 atom stereocenters. The topological polar surface area (TPSA) is 111 Å². The van der Waals surface area contributed by atoms with Crippen molar-refractivity contribution in [2.45, 2.75) is 18.9 Å². The molecular weight excluding hydrogens is 362 g/mol. The molecule has 2 aromatic heterocycles. The highest BCUT2D eigenvalue weighted by Crippen LogP contribution is 2.17. The Kier molecular flexibility index (Phi) is 5.43. The SMILES string of the molecule is O=C(NNc1nc(-c2ccncc2)no1)c1ccc(OC[C@H]2CCCO2)cc1. The number of anilines is 1. The predicted molar refractivity (Wildman–Crippen MR) is 99.5 cm³/mol. The van der Waals surface area contributed by atoms with E-state index in [4.69, 9.17) is 14.0 Å². The number of benzene rings is 1. The third-order valence-electron chi connectivity index (χ3n) is 4.22. The molecule has 0 unspecified atom stereocenters. The molecule has 4 rings (SSSR count). The molecule has 1 aliphatic rings. The summed E-state index contributed by atoms with van der Waals surface area (Å²) in [4.78, 5) is 20.3. The van der Waals surface area contributed by atoms with Crippen molar-refractivity contribution in [1.82, 2.24) is 20.6 Å². The van der Waals surface area contributed by atoms with Crippen LogP contribution in [0.15, 0.2) is 53.3 Å². The minimum Gasteiger partial charge on any atom is -0.491 e. The fourth-order valence-electron chi connectivity index (χ4n) is 2.74. The Morgan fingerprint density at radius 1 is 1.18 bits per heavy atom. The maximum absolute atomic E-state index is 12.2. The predicted octanol–water partition coefficient (Wildman–Crippen LogP) is 2.45. The van der Waals surface area contributed by atoms with Gasteiger partial charge in [-0.1, -0.05) is 5.16 Å². The van der Waals surface area contributed by atoms with Crippen LogP contribution in [0.3, 0.4) is 0 Å². The third kappa shape index (κ3) is 4.44. The number of hydrazine groups is 1. The smallest absolute Gasteiger partial charge is 0.340 e. The van der Waals surface area contributed by atoms with Gasteiger partial charge in [0.25, 0.3) is 5.91 Å². The van der Waals surface area contributed by atoms with E-state index in [1.807, 2.05) is 0 Å². The number of aromatic nitrogens is 3. The Bertz CT molecular complexity index is 908. The number of pyridine rings is 1. The largest absolute Gasteiger partial charge is 0.491 e. The molecule has 0 bridgehead atoms.